The van der Waals surface area contributed by atoms with Crippen LogP contribution in [0.15, 0.2) is 6.20 Å². The van der Waals surface area contributed by atoms with Crippen LogP contribution in [0.2, 0.25) is 0 Å². The summed E-state index contributed by atoms with van der Waals surface area (Å²) in [5, 5.41) is 0. The topological polar surface area (TPSA) is 46.1 Å². The zero-order valence-electron chi connectivity index (χ0n) is 8.14. The first kappa shape index (κ1) is 9.58. The smallest absolute Gasteiger partial charge is 0.275 e. The molecule has 1 aliphatic heterocycles. The van der Waals surface area contributed by atoms with E-state index in [1.54, 1.807) is 6.20 Å². The first-order valence-electron chi connectivity index (χ1n) is 4.84. The Hall–Kier alpha value is -0.970. The van der Waals surface area contributed by atoms with Crippen molar-refractivity contribution >= 4 is 17.6 Å². The van der Waals surface area contributed by atoms with E-state index in [0.29, 0.717) is 5.69 Å². The maximum atomic E-state index is 11.8. The predicted octanol–water partition coefficient (Wildman–Crippen LogP) is 1.41. The van der Waals surface area contributed by atoms with Crippen molar-refractivity contribution in [2.45, 2.75) is 19.8 Å². The SMILES string of the molecule is CC1CCN(C(=O)c2cnsn2)CC1. The van der Waals surface area contributed by atoms with Gasteiger partial charge >= 0.3 is 0 Å². The third-order valence-electron chi connectivity index (χ3n) is 2.65. The fourth-order valence-corrected chi connectivity index (χ4v) is 2.04. The van der Waals surface area contributed by atoms with Crippen LogP contribution in [-0.4, -0.2) is 32.6 Å². The van der Waals surface area contributed by atoms with Crippen LogP contribution in [0.4, 0.5) is 0 Å². The van der Waals surface area contributed by atoms with Crippen molar-refractivity contribution in [3.63, 3.8) is 0 Å². The summed E-state index contributed by atoms with van der Waals surface area (Å²) in [6, 6.07) is 0. The molecule has 0 spiro atoms. The monoisotopic (exact) mass is 211 g/mol. The van der Waals surface area contributed by atoms with Crippen molar-refractivity contribution in [3.05, 3.63) is 11.9 Å². The summed E-state index contributed by atoms with van der Waals surface area (Å²) in [6.45, 7) is 3.95. The van der Waals surface area contributed by atoms with Gasteiger partial charge in [0.2, 0.25) is 0 Å². The molecule has 14 heavy (non-hydrogen) atoms. The number of piperidine rings is 1. The maximum absolute atomic E-state index is 11.8. The molecule has 4 nitrogen and oxygen atoms in total. The molecule has 1 aromatic heterocycles. The highest BCUT2D eigenvalue weighted by atomic mass is 32.1. The van der Waals surface area contributed by atoms with Gasteiger partial charge in [-0.2, -0.15) is 8.75 Å². The van der Waals surface area contributed by atoms with E-state index in [1.807, 2.05) is 4.90 Å². The summed E-state index contributed by atoms with van der Waals surface area (Å²) in [5.41, 5.74) is 0.490. The highest BCUT2D eigenvalue weighted by Crippen LogP contribution is 2.17. The molecule has 0 aromatic carbocycles. The largest absolute Gasteiger partial charge is 0.337 e. The number of carbonyl (C=O) groups excluding carboxylic acids is 1. The van der Waals surface area contributed by atoms with Gasteiger partial charge in [0.1, 0.15) is 0 Å². The third kappa shape index (κ3) is 1.92. The van der Waals surface area contributed by atoms with Gasteiger partial charge in [-0.1, -0.05) is 6.92 Å². The fraction of sp³-hybridized carbons (Fsp3) is 0.667. The molecule has 0 radical (unpaired) electrons. The number of hydrogen-bond donors (Lipinski definition) is 0. The average molecular weight is 211 g/mol. The Morgan fingerprint density at radius 1 is 1.57 bits per heavy atom. The lowest BCUT2D eigenvalue weighted by molar-refractivity contribution is 0.0692. The summed E-state index contributed by atoms with van der Waals surface area (Å²) >= 11 is 1.08. The zero-order chi connectivity index (χ0) is 9.97. The van der Waals surface area contributed by atoms with Gasteiger partial charge in [0, 0.05) is 13.1 Å². The van der Waals surface area contributed by atoms with Crippen molar-refractivity contribution in [1.29, 1.82) is 0 Å². The van der Waals surface area contributed by atoms with E-state index in [1.165, 1.54) is 0 Å². The van der Waals surface area contributed by atoms with Gasteiger partial charge in [0.05, 0.1) is 17.9 Å². The number of likely N-dealkylation sites (tertiary alicyclic amines) is 1. The summed E-state index contributed by atoms with van der Waals surface area (Å²) < 4.78 is 7.79. The molecule has 1 fully saturated rings. The quantitative estimate of drug-likeness (QED) is 0.705. The van der Waals surface area contributed by atoms with Crippen LogP contribution in [0.5, 0.6) is 0 Å². The van der Waals surface area contributed by atoms with Gasteiger partial charge in [-0.15, -0.1) is 0 Å². The molecule has 0 unspecified atom stereocenters. The van der Waals surface area contributed by atoms with Crippen molar-refractivity contribution < 1.29 is 4.79 Å². The van der Waals surface area contributed by atoms with Gasteiger partial charge in [0.15, 0.2) is 5.69 Å². The maximum Gasteiger partial charge on any atom is 0.275 e. The number of nitrogens with zero attached hydrogens (tertiary/aromatic N) is 3. The molecule has 0 atom stereocenters. The van der Waals surface area contributed by atoms with Crippen LogP contribution in [-0.2, 0) is 0 Å². The Morgan fingerprint density at radius 3 is 2.86 bits per heavy atom. The summed E-state index contributed by atoms with van der Waals surface area (Å²) in [5.74, 6) is 0.776. The standard InChI is InChI=1S/C9H13N3OS/c1-7-2-4-12(5-3-7)9(13)8-6-10-14-11-8/h6-7H,2-5H2,1H3. The van der Waals surface area contributed by atoms with Gasteiger partial charge in [-0.25, -0.2) is 0 Å². The molecule has 76 valence electrons. The molecule has 0 N–H and O–H groups in total. The number of rotatable bonds is 1. The van der Waals surface area contributed by atoms with Gasteiger partial charge < -0.3 is 4.90 Å². The molecule has 5 heteroatoms. The van der Waals surface area contributed by atoms with Crippen LogP contribution in [0.1, 0.15) is 30.3 Å². The normalized spacial score (nSPS) is 18.5. The molecule has 1 aliphatic rings. The Labute approximate surface area is 87.3 Å². The molecule has 1 aromatic rings. The molecule has 1 saturated heterocycles. The number of aromatic nitrogens is 2. The van der Waals surface area contributed by atoms with E-state index >= 15 is 0 Å². The predicted molar refractivity (Wildman–Crippen MR) is 54.2 cm³/mol. The van der Waals surface area contributed by atoms with Crippen LogP contribution < -0.4 is 0 Å². The van der Waals surface area contributed by atoms with Crippen LogP contribution in [0, 0.1) is 5.92 Å². The highest BCUT2D eigenvalue weighted by molar-refractivity contribution is 6.99. The van der Waals surface area contributed by atoms with Gasteiger partial charge in [-0.3, -0.25) is 4.79 Å². The minimum atomic E-state index is 0.0330. The lowest BCUT2D eigenvalue weighted by Gasteiger charge is -2.29. The van der Waals surface area contributed by atoms with Crippen LogP contribution >= 0.6 is 11.7 Å². The Bertz CT molecular complexity index is 304. The minimum absolute atomic E-state index is 0.0330. The fourth-order valence-electron chi connectivity index (χ4n) is 1.63. The molecule has 0 aliphatic carbocycles. The van der Waals surface area contributed by atoms with Crippen molar-refractivity contribution in [3.8, 4) is 0 Å². The second-order valence-corrected chi connectivity index (χ2v) is 4.32. The van der Waals surface area contributed by atoms with Gasteiger partial charge in [0.25, 0.3) is 5.91 Å². The molecule has 0 saturated carbocycles. The van der Waals surface area contributed by atoms with Crippen molar-refractivity contribution in [2.75, 3.05) is 13.1 Å². The molecular weight excluding hydrogens is 198 g/mol. The summed E-state index contributed by atoms with van der Waals surface area (Å²) in [7, 11) is 0. The van der Waals surface area contributed by atoms with Crippen LogP contribution in [0.3, 0.4) is 0 Å². The van der Waals surface area contributed by atoms with E-state index in [2.05, 4.69) is 15.7 Å². The van der Waals surface area contributed by atoms with E-state index in [4.69, 9.17) is 0 Å². The lowest BCUT2D eigenvalue weighted by Crippen LogP contribution is -2.38. The minimum Gasteiger partial charge on any atom is -0.337 e. The first-order chi connectivity index (χ1) is 6.77. The van der Waals surface area contributed by atoms with Crippen molar-refractivity contribution in [2.24, 2.45) is 5.92 Å². The Balaban J connectivity index is 1.99. The second-order valence-electron chi connectivity index (χ2n) is 3.77. The van der Waals surface area contributed by atoms with E-state index in [0.717, 1.165) is 43.6 Å². The highest BCUT2D eigenvalue weighted by Gasteiger charge is 2.22. The molecule has 2 rings (SSSR count). The molecule has 1 amide bonds. The zero-order valence-corrected chi connectivity index (χ0v) is 8.96. The Morgan fingerprint density at radius 2 is 2.29 bits per heavy atom. The molecular formula is C9H13N3OS. The molecule has 2 heterocycles. The first-order valence-corrected chi connectivity index (χ1v) is 5.57. The lowest BCUT2D eigenvalue weighted by atomic mass is 9.99. The van der Waals surface area contributed by atoms with E-state index < -0.39 is 0 Å². The average Bonchev–Trinajstić information content (AvgIpc) is 2.71. The second kappa shape index (κ2) is 4.04. The number of hydrogen-bond acceptors (Lipinski definition) is 4. The van der Waals surface area contributed by atoms with E-state index in [9.17, 15) is 4.79 Å². The Kier molecular flexibility index (Phi) is 2.77. The van der Waals surface area contributed by atoms with Gasteiger partial charge in [-0.05, 0) is 18.8 Å². The number of carbonyl (C=O) groups is 1. The van der Waals surface area contributed by atoms with E-state index in [-0.39, 0.29) is 5.91 Å². The summed E-state index contributed by atoms with van der Waals surface area (Å²) in [6.07, 6.45) is 3.75. The van der Waals surface area contributed by atoms with Crippen LogP contribution in [0.25, 0.3) is 0 Å². The molecule has 0 bridgehead atoms. The summed E-state index contributed by atoms with van der Waals surface area (Å²) in [4.78, 5) is 13.7. The number of amides is 1. The van der Waals surface area contributed by atoms with Crippen molar-refractivity contribution in [1.82, 2.24) is 13.6 Å². The third-order valence-corrected chi connectivity index (χ3v) is 3.13.